The number of hydrogen-bond donors (Lipinski definition) is 1. The van der Waals surface area contributed by atoms with E-state index >= 15 is 0 Å². The van der Waals surface area contributed by atoms with Crippen LogP contribution in [0.5, 0.6) is 0 Å². The van der Waals surface area contributed by atoms with Crippen molar-refractivity contribution in [3.8, 4) is 0 Å². The lowest BCUT2D eigenvalue weighted by molar-refractivity contribution is -0.697. The Morgan fingerprint density at radius 2 is 1.83 bits per heavy atom. The summed E-state index contributed by atoms with van der Waals surface area (Å²) in [5.41, 5.74) is 4.87. The lowest BCUT2D eigenvalue weighted by atomic mass is 10.1. The molecule has 0 aliphatic heterocycles. The second kappa shape index (κ2) is 10.8. The Morgan fingerprint density at radius 1 is 1.09 bits per heavy atom. The number of aryl methyl sites for hydroxylation is 3. The summed E-state index contributed by atoms with van der Waals surface area (Å²) in [6.07, 6.45) is 14.0. The minimum absolute atomic E-state index is 0.770. The SMILES string of the molecule is CC(=C/C=N)/C(C)=C\OCCCCCC[n+]1ccc(C)c(C)c1. The molecule has 1 aromatic heterocycles. The summed E-state index contributed by atoms with van der Waals surface area (Å²) in [5, 5.41) is 7.05. The first-order chi connectivity index (χ1) is 11.0. The highest BCUT2D eigenvalue weighted by Crippen LogP contribution is 2.08. The van der Waals surface area contributed by atoms with Crippen molar-refractivity contribution in [1.82, 2.24) is 0 Å². The molecule has 126 valence electrons. The predicted molar refractivity (Wildman–Crippen MR) is 96.8 cm³/mol. The zero-order valence-corrected chi connectivity index (χ0v) is 15.1. The van der Waals surface area contributed by atoms with E-state index in [1.807, 2.05) is 13.8 Å². The molecule has 3 nitrogen and oxygen atoms in total. The largest absolute Gasteiger partial charge is 0.501 e. The summed E-state index contributed by atoms with van der Waals surface area (Å²) in [6.45, 7) is 10.2. The summed E-state index contributed by atoms with van der Waals surface area (Å²) in [4.78, 5) is 0. The van der Waals surface area contributed by atoms with E-state index in [-0.39, 0.29) is 0 Å². The van der Waals surface area contributed by atoms with Crippen LogP contribution in [0, 0.1) is 19.3 Å². The van der Waals surface area contributed by atoms with E-state index in [1.165, 1.54) is 36.6 Å². The fraction of sp³-hybridized carbons (Fsp3) is 0.500. The quantitative estimate of drug-likeness (QED) is 0.220. The number of pyridine rings is 1. The fourth-order valence-corrected chi connectivity index (χ4v) is 2.24. The molecule has 0 saturated carbocycles. The molecule has 0 fully saturated rings. The molecule has 1 heterocycles. The van der Waals surface area contributed by atoms with Crippen LogP contribution in [0.3, 0.4) is 0 Å². The van der Waals surface area contributed by atoms with E-state index in [2.05, 4.69) is 36.9 Å². The Morgan fingerprint density at radius 3 is 2.52 bits per heavy atom. The van der Waals surface area contributed by atoms with Gasteiger partial charge in [-0.25, -0.2) is 4.57 Å². The highest BCUT2D eigenvalue weighted by Gasteiger charge is 2.02. The third-order valence-electron chi connectivity index (χ3n) is 4.14. The normalized spacial score (nSPS) is 12.3. The van der Waals surface area contributed by atoms with E-state index in [1.54, 1.807) is 12.3 Å². The minimum atomic E-state index is 0.770. The van der Waals surface area contributed by atoms with Crippen molar-refractivity contribution in [2.75, 3.05) is 6.61 Å². The minimum Gasteiger partial charge on any atom is -0.501 e. The molecule has 3 heteroatoms. The second-order valence-electron chi connectivity index (χ2n) is 6.15. The topological polar surface area (TPSA) is 37.0 Å². The molecule has 0 unspecified atom stereocenters. The zero-order valence-electron chi connectivity index (χ0n) is 15.1. The van der Waals surface area contributed by atoms with Crippen LogP contribution in [0.4, 0.5) is 0 Å². The first kappa shape index (κ1) is 19.1. The van der Waals surface area contributed by atoms with Gasteiger partial charge in [-0.15, -0.1) is 0 Å². The van der Waals surface area contributed by atoms with Gasteiger partial charge >= 0.3 is 0 Å². The third-order valence-corrected chi connectivity index (χ3v) is 4.14. The monoisotopic (exact) mass is 315 g/mol. The van der Waals surface area contributed by atoms with Gasteiger partial charge in [0.25, 0.3) is 0 Å². The molecule has 0 bridgehead atoms. The average molecular weight is 315 g/mol. The highest BCUT2D eigenvalue weighted by molar-refractivity contribution is 5.70. The number of rotatable bonds is 10. The molecule has 1 aromatic rings. The van der Waals surface area contributed by atoms with Crippen LogP contribution < -0.4 is 4.57 Å². The molecular formula is C20H31N2O+. The van der Waals surface area contributed by atoms with Gasteiger partial charge in [0, 0.05) is 24.3 Å². The van der Waals surface area contributed by atoms with Gasteiger partial charge in [-0.3, -0.25) is 0 Å². The summed E-state index contributed by atoms with van der Waals surface area (Å²) in [6, 6.07) is 2.19. The number of nitrogens with zero attached hydrogens (tertiary/aromatic N) is 1. The van der Waals surface area contributed by atoms with Crippen molar-refractivity contribution in [3.63, 3.8) is 0 Å². The number of unbranched alkanes of at least 4 members (excludes halogenated alkanes) is 3. The van der Waals surface area contributed by atoms with Crippen LogP contribution in [-0.4, -0.2) is 12.8 Å². The van der Waals surface area contributed by atoms with Gasteiger partial charge in [0.15, 0.2) is 12.4 Å². The summed E-state index contributed by atoms with van der Waals surface area (Å²) < 4.78 is 7.85. The molecule has 0 radical (unpaired) electrons. The number of hydrogen-bond acceptors (Lipinski definition) is 2. The Labute approximate surface area is 141 Å². The van der Waals surface area contributed by atoms with Crippen molar-refractivity contribution in [2.24, 2.45) is 0 Å². The van der Waals surface area contributed by atoms with Crippen LogP contribution in [0.1, 0.15) is 50.7 Å². The van der Waals surface area contributed by atoms with Crippen molar-refractivity contribution in [3.05, 3.63) is 53.1 Å². The zero-order chi connectivity index (χ0) is 17.1. The molecule has 0 spiro atoms. The maximum Gasteiger partial charge on any atom is 0.171 e. The molecule has 1 N–H and O–H groups in total. The van der Waals surface area contributed by atoms with Crippen molar-refractivity contribution in [1.29, 1.82) is 5.41 Å². The van der Waals surface area contributed by atoms with Crippen LogP contribution in [0.2, 0.25) is 0 Å². The van der Waals surface area contributed by atoms with Crippen LogP contribution in [0.15, 0.2) is 41.9 Å². The Balaban J connectivity index is 2.12. The van der Waals surface area contributed by atoms with Crippen molar-refractivity contribution < 1.29 is 9.30 Å². The molecule has 0 aliphatic rings. The number of ether oxygens (including phenoxy) is 1. The molecule has 23 heavy (non-hydrogen) atoms. The summed E-state index contributed by atoms with van der Waals surface area (Å²) >= 11 is 0. The van der Waals surface area contributed by atoms with Crippen molar-refractivity contribution >= 4 is 6.21 Å². The molecule has 0 atom stereocenters. The maximum absolute atomic E-state index is 7.05. The van der Waals surface area contributed by atoms with Gasteiger partial charge in [0.1, 0.15) is 6.54 Å². The fourth-order valence-electron chi connectivity index (χ4n) is 2.24. The smallest absolute Gasteiger partial charge is 0.171 e. The molecule has 0 aliphatic carbocycles. The predicted octanol–water partition coefficient (Wildman–Crippen LogP) is 4.67. The van der Waals surface area contributed by atoms with Gasteiger partial charge in [0.2, 0.25) is 0 Å². The van der Waals surface area contributed by atoms with Gasteiger partial charge in [-0.05, 0) is 69.7 Å². The third kappa shape index (κ3) is 7.78. The Hall–Kier alpha value is -1.90. The van der Waals surface area contributed by atoms with Gasteiger partial charge < -0.3 is 10.1 Å². The standard InChI is InChI=1S/C20H31N2O/c1-17(9-11-21)20(4)16-23-14-8-6-5-7-12-22-13-10-18(2)19(3)15-22/h9-11,13,15-16,21H,5-8,12,14H2,1-4H3/q+1/b17-9-,20-16-,21-11?. The molecule has 1 rings (SSSR count). The summed E-state index contributed by atoms with van der Waals surface area (Å²) in [7, 11) is 0. The number of allylic oxidation sites excluding steroid dienone is 3. The molecule has 0 saturated heterocycles. The van der Waals surface area contributed by atoms with E-state index in [9.17, 15) is 0 Å². The highest BCUT2D eigenvalue weighted by atomic mass is 16.5. The second-order valence-corrected chi connectivity index (χ2v) is 6.15. The Bertz CT molecular complexity index is 559. The van der Waals surface area contributed by atoms with Gasteiger partial charge in [-0.2, -0.15) is 0 Å². The van der Waals surface area contributed by atoms with Crippen LogP contribution in [-0.2, 0) is 11.3 Å². The lowest BCUT2D eigenvalue weighted by Crippen LogP contribution is -2.33. The molecular weight excluding hydrogens is 284 g/mol. The van der Waals surface area contributed by atoms with Crippen LogP contribution >= 0.6 is 0 Å². The van der Waals surface area contributed by atoms with E-state index in [0.29, 0.717) is 0 Å². The number of aromatic nitrogens is 1. The first-order valence-electron chi connectivity index (χ1n) is 8.47. The van der Waals surface area contributed by atoms with E-state index < -0.39 is 0 Å². The van der Waals surface area contributed by atoms with Crippen LogP contribution in [0.25, 0.3) is 0 Å². The lowest BCUT2D eigenvalue weighted by Gasteiger charge is -2.04. The summed E-state index contributed by atoms with van der Waals surface area (Å²) in [5.74, 6) is 0. The molecule has 0 aromatic carbocycles. The van der Waals surface area contributed by atoms with Gasteiger partial charge in [0.05, 0.1) is 12.9 Å². The first-order valence-corrected chi connectivity index (χ1v) is 8.47. The molecule has 0 amide bonds. The van der Waals surface area contributed by atoms with E-state index in [0.717, 1.165) is 30.7 Å². The Kier molecular flexibility index (Phi) is 8.96. The average Bonchev–Trinajstić information content (AvgIpc) is 2.53. The maximum atomic E-state index is 7.05. The van der Waals surface area contributed by atoms with E-state index in [4.69, 9.17) is 10.1 Å². The number of nitrogens with one attached hydrogen (secondary N) is 1. The van der Waals surface area contributed by atoms with Gasteiger partial charge in [-0.1, -0.05) is 0 Å². The van der Waals surface area contributed by atoms with Crippen molar-refractivity contribution in [2.45, 2.75) is 59.9 Å².